The molecule has 1 aromatic rings. The number of rotatable bonds is 5. The van der Waals surface area contributed by atoms with Crippen molar-refractivity contribution in [2.75, 3.05) is 26.2 Å². The van der Waals surface area contributed by atoms with E-state index in [1.807, 2.05) is 0 Å². The number of nitrogens with zero attached hydrogens (tertiary/aromatic N) is 1. The van der Waals surface area contributed by atoms with Crippen molar-refractivity contribution < 1.29 is 8.78 Å². The van der Waals surface area contributed by atoms with E-state index in [-0.39, 0.29) is 29.9 Å². The summed E-state index contributed by atoms with van der Waals surface area (Å²) in [6.07, 6.45) is 1.97. The lowest BCUT2D eigenvalue weighted by molar-refractivity contribution is 0.119. The van der Waals surface area contributed by atoms with Crippen LogP contribution in [0.25, 0.3) is 0 Å². The van der Waals surface area contributed by atoms with E-state index in [1.54, 1.807) is 0 Å². The SMILES string of the molecule is CCCC(C)[C@H](c1c(F)ccc(Br)c1F)N1CCNCC1.Cl. The Labute approximate surface area is 146 Å². The third kappa shape index (κ3) is 4.40. The first kappa shape index (κ1) is 19.8. The summed E-state index contributed by atoms with van der Waals surface area (Å²) in [5.41, 5.74) is 0.215. The Bertz CT molecular complexity index is 481. The maximum absolute atomic E-state index is 14.5. The van der Waals surface area contributed by atoms with Crippen LogP contribution in [0.5, 0.6) is 0 Å². The summed E-state index contributed by atoms with van der Waals surface area (Å²) >= 11 is 3.19. The van der Waals surface area contributed by atoms with E-state index in [4.69, 9.17) is 0 Å². The summed E-state index contributed by atoms with van der Waals surface area (Å²) in [4.78, 5) is 2.21. The molecule has 0 aromatic heterocycles. The number of piperazine rings is 1. The van der Waals surface area contributed by atoms with Crippen LogP contribution in [-0.4, -0.2) is 31.1 Å². The minimum Gasteiger partial charge on any atom is -0.314 e. The third-order valence-corrected chi connectivity index (χ3v) is 4.82. The van der Waals surface area contributed by atoms with Gasteiger partial charge in [-0.2, -0.15) is 0 Å². The Morgan fingerprint density at radius 2 is 1.91 bits per heavy atom. The quantitative estimate of drug-likeness (QED) is 0.734. The number of benzene rings is 1. The predicted octanol–water partition coefficient (Wildman–Crippen LogP) is 4.53. The van der Waals surface area contributed by atoms with E-state index in [0.717, 1.165) is 39.0 Å². The van der Waals surface area contributed by atoms with E-state index in [9.17, 15) is 8.78 Å². The van der Waals surface area contributed by atoms with Crippen molar-refractivity contribution in [2.24, 2.45) is 5.92 Å². The molecule has 1 aromatic carbocycles. The van der Waals surface area contributed by atoms with E-state index < -0.39 is 11.6 Å². The molecule has 1 N–H and O–H groups in total. The molecule has 1 aliphatic rings. The van der Waals surface area contributed by atoms with Crippen LogP contribution in [0.4, 0.5) is 8.78 Å². The predicted molar refractivity (Wildman–Crippen MR) is 92.6 cm³/mol. The van der Waals surface area contributed by atoms with E-state index in [1.165, 1.54) is 12.1 Å². The Balaban J connectivity index is 0.00000242. The number of nitrogens with one attached hydrogen (secondary N) is 1. The van der Waals surface area contributed by atoms with Gasteiger partial charge in [0.1, 0.15) is 11.6 Å². The molecule has 1 saturated heterocycles. The molecular weight excluding hydrogens is 374 g/mol. The lowest BCUT2D eigenvalue weighted by Crippen LogP contribution is -2.47. The second kappa shape index (κ2) is 9.16. The van der Waals surface area contributed by atoms with Gasteiger partial charge in [0, 0.05) is 37.8 Å². The molecule has 2 rings (SSSR count). The zero-order chi connectivity index (χ0) is 15.4. The van der Waals surface area contributed by atoms with Crippen LogP contribution >= 0.6 is 28.3 Å². The zero-order valence-electron chi connectivity index (χ0n) is 13.0. The van der Waals surface area contributed by atoms with Crippen molar-refractivity contribution >= 4 is 28.3 Å². The molecule has 0 radical (unpaired) electrons. The van der Waals surface area contributed by atoms with Gasteiger partial charge in [-0.15, -0.1) is 12.4 Å². The van der Waals surface area contributed by atoms with Crippen molar-refractivity contribution in [3.05, 3.63) is 33.8 Å². The second-order valence-corrected chi connectivity index (χ2v) is 6.61. The van der Waals surface area contributed by atoms with Gasteiger partial charge in [0.25, 0.3) is 0 Å². The van der Waals surface area contributed by atoms with Crippen LogP contribution in [0.1, 0.15) is 38.3 Å². The second-order valence-electron chi connectivity index (χ2n) is 5.75. The molecule has 126 valence electrons. The van der Waals surface area contributed by atoms with Crippen molar-refractivity contribution in [1.29, 1.82) is 0 Å². The van der Waals surface area contributed by atoms with Gasteiger partial charge in [-0.3, -0.25) is 4.90 Å². The molecule has 22 heavy (non-hydrogen) atoms. The average molecular weight is 398 g/mol. The van der Waals surface area contributed by atoms with Gasteiger partial charge in [0.15, 0.2) is 0 Å². The van der Waals surface area contributed by atoms with Gasteiger partial charge in [-0.25, -0.2) is 8.78 Å². The lowest BCUT2D eigenvalue weighted by atomic mass is 9.88. The molecule has 2 atom stereocenters. The Morgan fingerprint density at radius 1 is 1.27 bits per heavy atom. The highest BCUT2D eigenvalue weighted by atomic mass is 79.9. The Kier molecular flexibility index (Phi) is 8.25. The molecule has 0 aliphatic carbocycles. The molecular formula is C16H24BrClF2N2. The molecule has 0 spiro atoms. The largest absolute Gasteiger partial charge is 0.314 e. The number of halogens is 4. The van der Waals surface area contributed by atoms with Gasteiger partial charge in [-0.05, 0) is 40.4 Å². The molecule has 1 aliphatic heterocycles. The van der Waals surface area contributed by atoms with Gasteiger partial charge in [-0.1, -0.05) is 20.3 Å². The van der Waals surface area contributed by atoms with Crippen molar-refractivity contribution in [3.8, 4) is 0 Å². The van der Waals surface area contributed by atoms with E-state index in [2.05, 4.69) is 40.0 Å². The summed E-state index contributed by atoms with van der Waals surface area (Å²) in [6.45, 7) is 7.59. The molecule has 1 unspecified atom stereocenters. The minimum atomic E-state index is -0.457. The van der Waals surface area contributed by atoms with E-state index >= 15 is 0 Å². The summed E-state index contributed by atoms with van der Waals surface area (Å²) in [7, 11) is 0. The molecule has 1 heterocycles. The summed E-state index contributed by atoms with van der Waals surface area (Å²) in [5, 5.41) is 3.29. The molecule has 0 bridgehead atoms. The Hall–Kier alpha value is -0.230. The monoisotopic (exact) mass is 396 g/mol. The van der Waals surface area contributed by atoms with Crippen LogP contribution < -0.4 is 5.32 Å². The van der Waals surface area contributed by atoms with Crippen LogP contribution in [0.15, 0.2) is 16.6 Å². The van der Waals surface area contributed by atoms with Crippen molar-refractivity contribution in [1.82, 2.24) is 10.2 Å². The standard InChI is InChI=1S/C16H23BrF2N2.ClH/c1-3-4-11(2)16(21-9-7-20-8-10-21)14-13(18)6-5-12(17)15(14)19;/h5-6,11,16,20H,3-4,7-10H2,1-2H3;1H/t11?,16-;/m1./s1. The summed E-state index contributed by atoms with van der Waals surface area (Å²) < 4.78 is 29.2. The molecule has 6 heteroatoms. The van der Waals surface area contributed by atoms with Crippen LogP contribution in [0, 0.1) is 17.6 Å². The number of hydrogen-bond acceptors (Lipinski definition) is 2. The summed E-state index contributed by atoms with van der Waals surface area (Å²) in [5.74, 6) is -0.685. The highest BCUT2D eigenvalue weighted by Crippen LogP contribution is 2.37. The van der Waals surface area contributed by atoms with Gasteiger partial charge in [0.2, 0.25) is 0 Å². The molecule has 1 fully saturated rings. The van der Waals surface area contributed by atoms with E-state index in [0.29, 0.717) is 4.47 Å². The van der Waals surface area contributed by atoms with Crippen LogP contribution in [-0.2, 0) is 0 Å². The van der Waals surface area contributed by atoms with Gasteiger partial charge in [0.05, 0.1) is 4.47 Å². The Morgan fingerprint density at radius 3 is 2.50 bits per heavy atom. The van der Waals surface area contributed by atoms with Gasteiger partial charge < -0.3 is 5.32 Å². The highest BCUT2D eigenvalue weighted by molar-refractivity contribution is 9.10. The van der Waals surface area contributed by atoms with Crippen LogP contribution in [0.3, 0.4) is 0 Å². The topological polar surface area (TPSA) is 15.3 Å². The average Bonchev–Trinajstić information content (AvgIpc) is 2.48. The van der Waals surface area contributed by atoms with Gasteiger partial charge >= 0.3 is 0 Å². The molecule has 0 amide bonds. The zero-order valence-corrected chi connectivity index (χ0v) is 15.4. The van der Waals surface area contributed by atoms with Crippen LogP contribution in [0.2, 0.25) is 0 Å². The molecule has 2 nitrogen and oxygen atoms in total. The summed E-state index contributed by atoms with van der Waals surface area (Å²) in [6, 6.07) is 2.59. The maximum Gasteiger partial charge on any atom is 0.145 e. The smallest absolute Gasteiger partial charge is 0.145 e. The molecule has 0 saturated carbocycles. The fraction of sp³-hybridized carbons (Fsp3) is 0.625. The number of hydrogen-bond donors (Lipinski definition) is 1. The van der Waals surface area contributed by atoms with Crippen molar-refractivity contribution in [3.63, 3.8) is 0 Å². The lowest BCUT2D eigenvalue weighted by Gasteiger charge is -2.39. The highest BCUT2D eigenvalue weighted by Gasteiger charge is 2.32. The first-order valence-corrected chi connectivity index (χ1v) is 8.43. The maximum atomic E-state index is 14.5. The van der Waals surface area contributed by atoms with Crippen molar-refractivity contribution in [2.45, 2.75) is 32.7 Å². The fourth-order valence-electron chi connectivity index (χ4n) is 3.21. The first-order chi connectivity index (χ1) is 10.1. The first-order valence-electron chi connectivity index (χ1n) is 7.64. The normalized spacial score (nSPS) is 18.6. The third-order valence-electron chi connectivity index (χ3n) is 4.20. The fourth-order valence-corrected chi connectivity index (χ4v) is 3.56. The minimum absolute atomic E-state index is 0.